The average molecular weight is 825 g/mol. The molecule has 0 aliphatic carbocycles. The van der Waals surface area contributed by atoms with Crippen molar-refractivity contribution in [2.75, 3.05) is 33.4 Å². The molecule has 5 aromatic rings. The molecule has 7 heterocycles. The van der Waals surface area contributed by atoms with Crippen LogP contribution in [0.5, 0.6) is 0 Å². The number of hydrogen-bond acceptors (Lipinski definition) is 10. The summed E-state index contributed by atoms with van der Waals surface area (Å²) in [6, 6.07) is 17.1. The molecule has 4 aliphatic heterocycles. The van der Waals surface area contributed by atoms with Crippen LogP contribution in [0.15, 0.2) is 67.0 Å². The van der Waals surface area contributed by atoms with E-state index in [0.29, 0.717) is 43.2 Å². The average Bonchev–Trinajstić information content (AvgIpc) is 3.84. The topological polar surface area (TPSA) is 169 Å². The van der Waals surface area contributed by atoms with Crippen molar-refractivity contribution in [3.05, 3.63) is 101 Å². The number of aryl methyl sites for hydroxylation is 1. The van der Waals surface area contributed by atoms with Crippen molar-refractivity contribution < 1.29 is 28.7 Å². The Hall–Kier alpha value is -6.12. The zero-order valence-corrected chi connectivity index (χ0v) is 34.8. The van der Waals surface area contributed by atoms with Crippen LogP contribution in [-0.4, -0.2) is 98.6 Å². The Bertz CT molecular complexity index is 2460. The van der Waals surface area contributed by atoms with Crippen molar-refractivity contribution in [1.29, 1.82) is 0 Å². The molecule has 1 unspecified atom stereocenters. The van der Waals surface area contributed by atoms with Gasteiger partial charge in [0.1, 0.15) is 17.6 Å². The molecule has 9 rings (SSSR count). The molecular formula is C47H52N8O6. The van der Waals surface area contributed by atoms with Gasteiger partial charge in [0.05, 0.1) is 23.6 Å². The van der Waals surface area contributed by atoms with E-state index in [4.69, 9.17) is 14.7 Å². The minimum atomic E-state index is -0.541. The van der Waals surface area contributed by atoms with Crippen molar-refractivity contribution >= 4 is 40.7 Å². The number of nitrogens with one attached hydrogen (secondary N) is 2. The first-order chi connectivity index (χ1) is 29.7. The highest BCUT2D eigenvalue weighted by Gasteiger charge is 2.39. The molecule has 61 heavy (non-hydrogen) atoms. The van der Waals surface area contributed by atoms with E-state index >= 15 is 0 Å². The van der Waals surface area contributed by atoms with Crippen LogP contribution in [0.4, 0.5) is 0 Å². The van der Waals surface area contributed by atoms with Gasteiger partial charge in [-0.05, 0) is 92.9 Å². The maximum atomic E-state index is 12.7. The lowest BCUT2D eigenvalue weighted by atomic mass is 9.98. The number of imidazole rings is 1. The van der Waals surface area contributed by atoms with E-state index in [1.54, 1.807) is 24.1 Å². The Balaban J connectivity index is 0.000000181. The lowest BCUT2D eigenvalue weighted by molar-refractivity contribution is -0.137. The highest BCUT2D eigenvalue weighted by Crippen LogP contribution is 2.38. The Labute approximate surface area is 355 Å². The van der Waals surface area contributed by atoms with Gasteiger partial charge in [-0.25, -0.2) is 4.98 Å². The minimum absolute atomic E-state index is 0.0828. The number of carbonyl (C=O) groups excluding carboxylic acids is 5. The van der Waals surface area contributed by atoms with E-state index in [-0.39, 0.29) is 30.0 Å². The maximum Gasteiger partial charge on any atom is 0.255 e. The molecule has 316 valence electrons. The lowest BCUT2D eigenvalue weighted by Crippen LogP contribution is -2.52. The zero-order valence-electron chi connectivity index (χ0n) is 34.8. The van der Waals surface area contributed by atoms with E-state index in [0.717, 1.165) is 121 Å². The van der Waals surface area contributed by atoms with Crippen LogP contribution in [0.3, 0.4) is 0 Å². The first kappa shape index (κ1) is 41.6. The lowest BCUT2D eigenvalue weighted by Gasteiger charge is -2.30. The van der Waals surface area contributed by atoms with Gasteiger partial charge in [-0.15, -0.1) is 0 Å². The predicted molar refractivity (Wildman–Crippen MR) is 229 cm³/mol. The molecule has 0 spiro atoms. The van der Waals surface area contributed by atoms with Gasteiger partial charge in [0, 0.05) is 86.6 Å². The summed E-state index contributed by atoms with van der Waals surface area (Å²) in [7, 11) is 1.96. The molecular weight excluding hydrogens is 773 g/mol. The second-order valence-electron chi connectivity index (χ2n) is 16.2. The molecule has 2 aromatic carbocycles. The van der Waals surface area contributed by atoms with Gasteiger partial charge in [0.25, 0.3) is 5.91 Å². The van der Waals surface area contributed by atoms with Crippen LogP contribution < -0.4 is 10.6 Å². The molecule has 2 fully saturated rings. The summed E-state index contributed by atoms with van der Waals surface area (Å²) in [6.07, 6.45) is 11.2. The number of rotatable bonds is 11. The van der Waals surface area contributed by atoms with Crippen LogP contribution in [0.2, 0.25) is 0 Å². The minimum Gasteiger partial charge on any atom is -0.381 e. The van der Waals surface area contributed by atoms with Crippen molar-refractivity contribution in [3.63, 3.8) is 0 Å². The first-order valence-electron chi connectivity index (χ1n) is 21.4. The van der Waals surface area contributed by atoms with E-state index in [2.05, 4.69) is 38.4 Å². The second-order valence-corrected chi connectivity index (χ2v) is 16.2. The predicted octanol–water partition coefficient (Wildman–Crippen LogP) is 5.61. The Morgan fingerprint density at radius 2 is 1.75 bits per heavy atom. The van der Waals surface area contributed by atoms with Gasteiger partial charge < -0.3 is 24.4 Å². The molecule has 14 heteroatoms. The summed E-state index contributed by atoms with van der Waals surface area (Å²) in [5.74, 6) is 0.839. The fraction of sp³-hybridized carbons (Fsp3) is 0.404. The number of nitrogens with zero attached hydrogens (tertiary/aromatic N) is 6. The van der Waals surface area contributed by atoms with Crippen molar-refractivity contribution in [2.24, 2.45) is 0 Å². The number of carbonyl (C=O) groups is 5. The quantitative estimate of drug-likeness (QED) is 0.0971. The number of unbranched alkanes of at least 4 members (excludes halogenated alkanes) is 2. The normalized spacial score (nSPS) is 17.7. The Kier molecular flexibility index (Phi) is 12.7. The highest BCUT2D eigenvalue weighted by atomic mass is 16.5. The number of amides is 4. The number of imide groups is 1. The van der Waals surface area contributed by atoms with Crippen LogP contribution in [-0.2, 0) is 45.2 Å². The molecule has 0 radical (unpaired) electrons. The molecule has 4 amide bonds. The standard InChI is InChI=1S/C28H27N5O3.C19H25N3O3/c1-18(35)32-9-10-33-26(16-32)27(31-28(33)19-7-11-36-12-8-19)23-4-2-3-20-13-25(30-15-24(20)23)21-5-6-22(17-34)29-14-21;1-20-11-4-2-3-6-13-7-5-8-14-15(13)12-22(19(14)25)16-9-10-17(23)21-18(16)24/h2-6,13-15,17,19H,7-12,16H2,1H3;5,7-8,16,20H,2-4,6,9-12H2,1H3,(H,21,23,24). The third-order valence-corrected chi connectivity index (χ3v) is 12.3. The second kappa shape index (κ2) is 18.7. The third kappa shape index (κ3) is 8.87. The third-order valence-electron chi connectivity index (χ3n) is 12.3. The number of pyridine rings is 2. The fourth-order valence-corrected chi connectivity index (χ4v) is 8.99. The molecule has 3 aromatic heterocycles. The number of hydrogen-bond donors (Lipinski definition) is 2. The number of aldehydes is 1. The van der Waals surface area contributed by atoms with E-state index in [9.17, 15) is 24.0 Å². The van der Waals surface area contributed by atoms with E-state index in [1.807, 2.05) is 48.5 Å². The summed E-state index contributed by atoms with van der Waals surface area (Å²) in [4.78, 5) is 77.0. The zero-order chi connectivity index (χ0) is 42.5. The van der Waals surface area contributed by atoms with E-state index < -0.39 is 6.04 Å². The fourth-order valence-electron chi connectivity index (χ4n) is 8.99. The van der Waals surface area contributed by atoms with Gasteiger partial charge in [-0.1, -0.05) is 36.8 Å². The summed E-state index contributed by atoms with van der Waals surface area (Å²) >= 11 is 0. The summed E-state index contributed by atoms with van der Waals surface area (Å²) < 4.78 is 7.94. The smallest absolute Gasteiger partial charge is 0.255 e. The number of benzene rings is 2. The summed E-state index contributed by atoms with van der Waals surface area (Å²) in [6.45, 7) is 6.64. The molecule has 0 bridgehead atoms. The summed E-state index contributed by atoms with van der Waals surface area (Å²) in [5, 5.41) is 7.55. The van der Waals surface area contributed by atoms with Crippen LogP contribution >= 0.6 is 0 Å². The number of aromatic nitrogens is 4. The number of ether oxygens (including phenoxy) is 1. The van der Waals surface area contributed by atoms with Crippen LogP contribution in [0, 0.1) is 0 Å². The van der Waals surface area contributed by atoms with E-state index in [1.165, 1.54) is 5.56 Å². The van der Waals surface area contributed by atoms with Crippen molar-refractivity contribution in [3.8, 4) is 22.5 Å². The summed E-state index contributed by atoms with van der Waals surface area (Å²) in [5.41, 5.74) is 8.03. The molecule has 4 aliphatic rings. The monoisotopic (exact) mass is 824 g/mol. The van der Waals surface area contributed by atoms with Crippen molar-refractivity contribution in [2.45, 2.75) is 89.9 Å². The molecule has 0 saturated carbocycles. The molecule has 2 N–H and O–H groups in total. The van der Waals surface area contributed by atoms with Gasteiger partial charge in [0.15, 0.2) is 6.29 Å². The van der Waals surface area contributed by atoms with Gasteiger partial charge in [0.2, 0.25) is 17.7 Å². The number of fused-ring (bicyclic) bond motifs is 3. The van der Waals surface area contributed by atoms with Crippen molar-refractivity contribution in [1.82, 2.24) is 40.0 Å². The Morgan fingerprint density at radius 1 is 0.934 bits per heavy atom. The van der Waals surface area contributed by atoms with Gasteiger partial charge in [-0.3, -0.25) is 39.3 Å². The maximum absolute atomic E-state index is 12.7. The van der Waals surface area contributed by atoms with Crippen LogP contribution in [0.25, 0.3) is 33.3 Å². The Morgan fingerprint density at radius 3 is 2.51 bits per heavy atom. The number of piperidine rings is 1. The van der Waals surface area contributed by atoms with Gasteiger partial charge >= 0.3 is 0 Å². The SMILES string of the molecule is CC(=O)N1CCn2c(C3CCOCC3)nc(-c3cccc4cc(-c5ccc(C=O)nc5)ncc34)c2C1.CNCCCCCc1cccc2c1CN(C1CCC(=O)NC1=O)C2=O. The molecule has 14 nitrogen and oxygen atoms in total. The molecule has 2 saturated heterocycles. The van der Waals surface area contributed by atoms with Gasteiger partial charge in [-0.2, -0.15) is 0 Å². The molecule has 1 atom stereocenters. The first-order valence-corrected chi connectivity index (χ1v) is 21.4. The largest absolute Gasteiger partial charge is 0.381 e. The van der Waals surface area contributed by atoms with Crippen LogP contribution in [0.1, 0.15) is 101 Å². The highest BCUT2D eigenvalue weighted by molar-refractivity contribution is 6.05.